The number of piperazine rings is 1. The van der Waals surface area contributed by atoms with Crippen molar-refractivity contribution in [2.24, 2.45) is 0 Å². The molecule has 2 saturated heterocycles. The predicted octanol–water partition coefficient (Wildman–Crippen LogP) is 3.51. The fourth-order valence-corrected chi connectivity index (χ4v) is 5.28. The van der Waals surface area contributed by atoms with Crippen LogP contribution in [0.5, 0.6) is 0 Å². The lowest BCUT2D eigenvalue weighted by Gasteiger charge is -2.36. The minimum Gasteiger partial charge on any atom is -0.376 e. The highest BCUT2D eigenvalue weighted by Gasteiger charge is 2.40. The maximum Gasteiger partial charge on any atom is 0.263 e. The van der Waals surface area contributed by atoms with Crippen LogP contribution in [0.1, 0.15) is 39.1 Å². The zero-order chi connectivity index (χ0) is 22.1. The number of hydrogen-bond acceptors (Lipinski definition) is 6. The van der Waals surface area contributed by atoms with E-state index < -0.39 is 0 Å². The molecule has 2 fully saturated rings. The van der Waals surface area contributed by atoms with Crippen molar-refractivity contribution in [1.29, 1.82) is 0 Å². The monoisotopic (exact) mass is 451 g/mol. The number of hydrogen-bond donors (Lipinski definition) is 0. The van der Waals surface area contributed by atoms with E-state index in [1.807, 2.05) is 12.1 Å². The van der Waals surface area contributed by atoms with Crippen molar-refractivity contribution in [3.8, 4) is 0 Å². The molecule has 168 valence electrons. The second kappa shape index (κ2) is 9.25. The summed E-state index contributed by atoms with van der Waals surface area (Å²) < 4.78 is 5.67. The van der Waals surface area contributed by atoms with E-state index in [0.717, 1.165) is 51.3 Å². The second-order valence-corrected chi connectivity index (χ2v) is 9.55. The van der Waals surface area contributed by atoms with Crippen LogP contribution in [0, 0.1) is 0 Å². The van der Waals surface area contributed by atoms with E-state index in [4.69, 9.17) is 4.74 Å². The Hall–Kier alpha value is -2.35. The molecule has 6 nitrogen and oxygen atoms in total. The molecular formula is C25H29N3O3S. The van der Waals surface area contributed by atoms with Gasteiger partial charge in [0.1, 0.15) is 0 Å². The predicted molar refractivity (Wildman–Crippen MR) is 126 cm³/mol. The number of carbonyl (C=O) groups is 2. The van der Waals surface area contributed by atoms with Gasteiger partial charge in [0.05, 0.1) is 29.5 Å². The van der Waals surface area contributed by atoms with Crippen LogP contribution >= 0.6 is 11.8 Å². The van der Waals surface area contributed by atoms with Crippen LogP contribution in [-0.2, 0) is 11.3 Å². The molecule has 0 bridgehead atoms. The lowest BCUT2D eigenvalue weighted by molar-refractivity contribution is 0.0475. The van der Waals surface area contributed by atoms with Gasteiger partial charge in [-0.1, -0.05) is 18.2 Å². The van der Waals surface area contributed by atoms with Gasteiger partial charge in [0.2, 0.25) is 0 Å². The van der Waals surface area contributed by atoms with Crippen LogP contribution in [0.25, 0.3) is 0 Å². The molecule has 2 aromatic rings. The van der Waals surface area contributed by atoms with Crippen LogP contribution in [0.3, 0.4) is 0 Å². The summed E-state index contributed by atoms with van der Waals surface area (Å²) in [6.07, 6.45) is 3.95. The summed E-state index contributed by atoms with van der Waals surface area (Å²) in [5.74, 6) is -0.359. The minimum atomic E-state index is -0.185. The Morgan fingerprint density at radius 3 is 2.47 bits per heavy atom. The van der Waals surface area contributed by atoms with Crippen LogP contribution in [-0.4, -0.2) is 73.3 Å². The maximum atomic E-state index is 13.2. The Balaban J connectivity index is 1.26. The van der Waals surface area contributed by atoms with Gasteiger partial charge < -0.3 is 9.64 Å². The second-order valence-electron chi connectivity index (χ2n) is 8.67. The number of nitrogens with zero attached hydrogens (tertiary/aromatic N) is 3. The number of thioether (sulfide) groups is 1. The summed E-state index contributed by atoms with van der Waals surface area (Å²) in [5.41, 5.74) is 3.31. The first-order valence-electron chi connectivity index (χ1n) is 11.3. The van der Waals surface area contributed by atoms with Crippen LogP contribution in [0.15, 0.2) is 47.4 Å². The van der Waals surface area contributed by atoms with Gasteiger partial charge in [0.25, 0.3) is 11.8 Å². The fourth-order valence-electron chi connectivity index (χ4n) is 4.87. The first-order valence-corrected chi connectivity index (χ1v) is 12.6. The van der Waals surface area contributed by atoms with Crippen molar-refractivity contribution in [2.45, 2.75) is 30.4 Å². The molecule has 0 saturated carbocycles. The van der Waals surface area contributed by atoms with Crippen LogP contribution < -0.4 is 4.90 Å². The molecule has 32 heavy (non-hydrogen) atoms. The molecule has 0 radical (unpaired) electrons. The van der Waals surface area contributed by atoms with Gasteiger partial charge >= 0.3 is 0 Å². The van der Waals surface area contributed by atoms with Gasteiger partial charge in [-0.2, -0.15) is 0 Å². The molecule has 5 rings (SSSR count). The van der Waals surface area contributed by atoms with Crippen molar-refractivity contribution in [1.82, 2.24) is 9.80 Å². The Labute approximate surface area is 193 Å². The maximum absolute atomic E-state index is 13.2. The average Bonchev–Trinajstić information content (AvgIpc) is 3.43. The highest BCUT2D eigenvalue weighted by molar-refractivity contribution is 7.98. The van der Waals surface area contributed by atoms with Gasteiger partial charge in [-0.05, 0) is 48.9 Å². The van der Waals surface area contributed by atoms with E-state index in [1.165, 1.54) is 15.4 Å². The molecule has 7 heteroatoms. The molecular weight excluding hydrogens is 422 g/mol. The van der Waals surface area contributed by atoms with E-state index >= 15 is 0 Å². The summed E-state index contributed by atoms with van der Waals surface area (Å²) in [6, 6.07) is 14.4. The lowest BCUT2D eigenvalue weighted by Crippen LogP contribution is -2.46. The number of imide groups is 1. The number of carbonyl (C=O) groups excluding carboxylic acids is 2. The van der Waals surface area contributed by atoms with E-state index in [0.29, 0.717) is 24.3 Å². The van der Waals surface area contributed by atoms with Crippen molar-refractivity contribution >= 4 is 29.3 Å². The Bertz CT molecular complexity index is 996. The average molecular weight is 452 g/mol. The van der Waals surface area contributed by atoms with Gasteiger partial charge in [-0.15, -0.1) is 11.8 Å². The number of ether oxygens (including phenoxy) is 1. The van der Waals surface area contributed by atoms with Gasteiger partial charge in [0, 0.05) is 44.2 Å². The first kappa shape index (κ1) is 21.5. The Morgan fingerprint density at radius 2 is 1.78 bits per heavy atom. The SMILES string of the molecule is CSc1ccc(CN2CCN(c3cccc4c3C(=O)N(CC3CCCO3)C4=O)CC2)cc1. The molecule has 3 heterocycles. The molecule has 3 aliphatic heterocycles. The Kier molecular flexibility index (Phi) is 6.22. The Morgan fingerprint density at radius 1 is 1.00 bits per heavy atom. The number of benzene rings is 2. The zero-order valence-corrected chi connectivity index (χ0v) is 19.3. The highest BCUT2D eigenvalue weighted by atomic mass is 32.2. The molecule has 2 aromatic carbocycles. The van der Waals surface area contributed by atoms with E-state index in [1.54, 1.807) is 17.8 Å². The van der Waals surface area contributed by atoms with Gasteiger partial charge in [0.15, 0.2) is 0 Å². The van der Waals surface area contributed by atoms with Gasteiger partial charge in [-0.25, -0.2) is 0 Å². The summed E-state index contributed by atoms with van der Waals surface area (Å²) in [5, 5.41) is 0. The number of rotatable bonds is 6. The first-order chi connectivity index (χ1) is 15.6. The fraction of sp³-hybridized carbons (Fsp3) is 0.440. The molecule has 0 aliphatic carbocycles. The van der Waals surface area contributed by atoms with Gasteiger partial charge in [-0.3, -0.25) is 19.4 Å². The van der Waals surface area contributed by atoms with Crippen molar-refractivity contribution in [2.75, 3.05) is 50.5 Å². The largest absolute Gasteiger partial charge is 0.376 e. The van der Waals surface area contributed by atoms with Crippen molar-refractivity contribution in [3.05, 3.63) is 59.2 Å². The third kappa shape index (κ3) is 4.17. The molecule has 0 aromatic heterocycles. The molecule has 0 N–H and O–H groups in total. The standard InChI is InChI=1S/C25H29N3O3S/c1-32-20-9-7-18(8-10-20)16-26-11-13-27(14-12-26)22-6-2-5-21-23(22)25(30)28(24(21)29)17-19-4-3-15-31-19/h2,5-10,19H,3-4,11-17H2,1H3. The summed E-state index contributed by atoms with van der Waals surface area (Å²) >= 11 is 1.76. The zero-order valence-electron chi connectivity index (χ0n) is 18.5. The number of amides is 2. The van der Waals surface area contributed by atoms with E-state index in [-0.39, 0.29) is 17.9 Å². The van der Waals surface area contributed by atoms with Crippen molar-refractivity contribution < 1.29 is 14.3 Å². The minimum absolute atomic E-state index is 0.0332. The van der Waals surface area contributed by atoms with Crippen molar-refractivity contribution in [3.63, 3.8) is 0 Å². The van der Waals surface area contributed by atoms with E-state index in [2.05, 4.69) is 40.3 Å². The molecule has 0 spiro atoms. The third-order valence-corrected chi connectivity index (χ3v) is 7.41. The van der Waals surface area contributed by atoms with Crippen LogP contribution in [0.4, 0.5) is 5.69 Å². The third-order valence-electron chi connectivity index (χ3n) is 6.67. The lowest BCUT2D eigenvalue weighted by atomic mass is 10.1. The quantitative estimate of drug-likeness (QED) is 0.495. The molecule has 1 unspecified atom stereocenters. The number of fused-ring (bicyclic) bond motifs is 1. The summed E-state index contributed by atoms with van der Waals surface area (Å²) in [7, 11) is 0. The molecule has 2 amide bonds. The normalized spacial score (nSPS) is 21.5. The molecule has 3 aliphatic rings. The number of anilines is 1. The van der Waals surface area contributed by atoms with Crippen LogP contribution in [0.2, 0.25) is 0 Å². The highest BCUT2D eigenvalue weighted by Crippen LogP contribution is 2.33. The smallest absolute Gasteiger partial charge is 0.263 e. The molecule has 1 atom stereocenters. The summed E-state index contributed by atoms with van der Waals surface area (Å²) in [6.45, 7) is 5.53. The topological polar surface area (TPSA) is 53.1 Å². The van der Waals surface area contributed by atoms with E-state index in [9.17, 15) is 9.59 Å². The summed E-state index contributed by atoms with van der Waals surface area (Å²) in [4.78, 5) is 33.6.